The van der Waals surface area contributed by atoms with Crippen LogP contribution in [0.15, 0.2) is 48.5 Å². The van der Waals surface area contributed by atoms with Gasteiger partial charge in [0.05, 0.1) is 117 Å². The summed E-state index contributed by atoms with van der Waals surface area (Å²) in [5, 5.41) is 20.9. The van der Waals surface area contributed by atoms with Gasteiger partial charge in [-0.15, -0.1) is 0 Å². The molecule has 16 nitrogen and oxygen atoms in total. The molecular weight excluding hydrogens is 1020 g/mol. The number of benzene rings is 4. The fourth-order valence-electron chi connectivity index (χ4n) is 12.0. The highest BCUT2D eigenvalue weighted by Gasteiger charge is 2.45. The Morgan fingerprint density at radius 1 is 0.500 bits per heavy atom. The molecule has 5 atom stereocenters. The average molecular weight is 1100 g/mol. The molecule has 422 valence electrons. The molecular formula is C58H82Cl2N2O14. The van der Waals surface area contributed by atoms with Crippen molar-refractivity contribution in [1.82, 2.24) is 0 Å². The van der Waals surface area contributed by atoms with E-state index in [1.54, 1.807) is 71.1 Å². The van der Waals surface area contributed by atoms with Crippen molar-refractivity contribution in [3.63, 3.8) is 0 Å². The van der Waals surface area contributed by atoms with Crippen molar-refractivity contribution in [3.05, 3.63) is 81.9 Å². The SMILES string of the molecule is COc1cc2c(cc1OC)[C@H](c1cc(OC)c(OC)c(OC)c1)[N@+](C)(CCCC(CCCCCCC(=O)O)(CCC[N@@+]1(C)CCc3cc(OC)c(OC)cc3[C@H]1Cc1cc(OC)c(OC)c(OC)c1)C(=O)O)CC2.[Cl-].[Cl-]. The maximum absolute atomic E-state index is 14.1. The van der Waals surface area contributed by atoms with E-state index in [4.69, 9.17) is 47.4 Å². The van der Waals surface area contributed by atoms with Gasteiger partial charge in [-0.05, 0) is 104 Å². The van der Waals surface area contributed by atoms with Crippen LogP contribution < -0.4 is 72.2 Å². The van der Waals surface area contributed by atoms with Crippen molar-refractivity contribution in [3.8, 4) is 57.5 Å². The molecule has 0 saturated carbocycles. The number of fused-ring (bicyclic) bond motifs is 2. The predicted molar refractivity (Wildman–Crippen MR) is 283 cm³/mol. The minimum atomic E-state index is -1.02. The van der Waals surface area contributed by atoms with E-state index in [9.17, 15) is 19.8 Å². The Morgan fingerprint density at radius 2 is 0.908 bits per heavy atom. The number of hydrogen-bond donors (Lipinski definition) is 2. The van der Waals surface area contributed by atoms with Crippen LogP contribution in [0.25, 0.3) is 0 Å². The lowest BCUT2D eigenvalue weighted by atomic mass is 9.74. The molecule has 76 heavy (non-hydrogen) atoms. The van der Waals surface area contributed by atoms with Gasteiger partial charge in [0, 0.05) is 42.4 Å². The van der Waals surface area contributed by atoms with Crippen LogP contribution in [-0.2, 0) is 28.9 Å². The number of rotatable bonds is 29. The summed E-state index contributed by atoms with van der Waals surface area (Å²) in [5.41, 5.74) is 5.56. The van der Waals surface area contributed by atoms with Crippen LogP contribution in [0.4, 0.5) is 0 Å². The van der Waals surface area contributed by atoms with Gasteiger partial charge in [0.15, 0.2) is 46.0 Å². The highest BCUT2D eigenvalue weighted by molar-refractivity contribution is 5.74. The molecule has 0 spiro atoms. The Balaban J connectivity index is 0.00000624. The molecule has 0 bridgehead atoms. The third-order valence-corrected chi connectivity index (χ3v) is 16.2. The summed E-state index contributed by atoms with van der Waals surface area (Å²) in [6.45, 7) is 3.04. The molecule has 18 heteroatoms. The number of aliphatic carboxylic acids is 2. The molecule has 2 heterocycles. The molecule has 0 saturated heterocycles. The van der Waals surface area contributed by atoms with Crippen LogP contribution in [-0.4, -0.2) is 142 Å². The second-order valence-electron chi connectivity index (χ2n) is 20.4. The molecule has 0 aliphatic carbocycles. The fraction of sp³-hybridized carbons (Fsp3) is 0.552. The third-order valence-electron chi connectivity index (χ3n) is 16.2. The Hall–Kier alpha value is -5.68. The summed E-state index contributed by atoms with van der Waals surface area (Å²) >= 11 is 0. The molecule has 0 amide bonds. The molecule has 2 aliphatic rings. The third kappa shape index (κ3) is 13.7. The monoisotopic (exact) mass is 1100 g/mol. The van der Waals surface area contributed by atoms with Crippen molar-refractivity contribution in [2.24, 2.45) is 5.41 Å². The second kappa shape index (κ2) is 28.1. The van der Waals surface area contributed by atoms with Gasteiger partial charge in [-0.2, -0.15) is 0 Å². The summed E-state index contributed by atoms with van der Waals surface area (Å²) in [7, 11) is 20.8. The Kier molecular flexibility index (Phi) is 23.2. The maximum atomic E-state index is 14.1. The number of halogens is 2. The summed E-state index contributed by atoms with van der Waals surface area (Å²) in [4.78, 5) is 25.5. The molecule has 1 unspecified atom stereocenters. The summed E-state index contributed by atoms with van der Waals surface area (Å²) in [6.07, 6.45) is 7.85. The first kappa shape index (κ1) is 62.9. The topological polar surface area (TPSA) is 167 Å². The molecule has 2 N–H and O–H groups in total. The first-order chi connectivity index (χ1) is 35.5. The Labute approximate surface area is 462 Å². The van der Waals surface area contributed by atoms with Crippen molar-refractivity contribution in [1.29, 1.82) is 0 Å². The van der Waals surface area contributed by atoms with Gasteiger partial charge in [0.25, 0.3) is 0 Å². The zero-order valence-electron chi connectivity index (χ0n) is 46.7. The summed E-state index contributed by atoms with van der Waals surface area (Å²) < 4.78 is 59.3. The van der Waals surface area contributed by atoms with Gasteiger partial charge in [-0.3, -0.25) is 9.59 Å². The van der Waals surface area contributed by atoms with E-state index >= 15 is 0 Å². The summed E-state index contributed by atoms with van der Waals surface area (Å²) in [5.74, 6) is 4.31. The van der Waals surface area contributed by atoms with E-state index in [-0.39, 0.29) is 43.3 Å². The van der Waals surface area contributed by atoms with Gasteiger partial charge in [-0.25, -0.2) is 0 Å². The predicted octanol–water partition coefficient (Wildman–Crippen LogP) is 3.92. The maximum Gasteiger partial charge on any atom is 0.309 e. The van der Waals surface area contributed by atoms with Crippen LogP contribution >= 0.6 is 0 Å². The Bertz CT molecular complexity index is 2530. The van der Waals surface area contributed by atoms with Gasteiger partial charge < -0.3 is 91.4 Å². The second-order valence-corrected chi connectivity index (χ2v) is 20.4. The van der Waals surface area contributed by atoms with Crippen molar-refractivity contribution in [2.75, 3.05) is 111 Å². The zero-order valence-corrected chi connectivity index (χ0v) is 48.2. The minimum Gasteiger partial charge on any atom is -1.00 e. The van der Waals surface area contributed by atoms with E-state index in [2.05, 4.69) is 38.4 Å². The number of methoxy groups -OCH3 is 10. The fourth-order valence-corrected chi connectivity index (χ4v) is 12.0. The van der Waals surface area contributed by atoms with E-state index in [1.165, 1.54) is 5.56 Å². The van der Waals surface area contributed by atoms with Crippen molar-refractivity contribution < 1.29 is 101 Å². The molecule has 0 fully saturated rings. The molecule has 4 aromatic rings. The van der Waals surface area contributed by atoms with E-state index in [0.717, 1.165) is 73.1 Å². The lowest BCUT2D eigenvalue weighted by Crippen LogP contribution is -3.00. The zero-order chi connectivity index (χ0) is 53.8. The molecule has 0 radical (unpaired) electrons. The number of quaternary nitrogens is 2. The molecule has 4 aromatic carbocycles. The number of carboxylic acid groups (broad SMARTS) is 2. The minimum absolute atomic E-state index is 0. The molecule has 2 aliphatic heterocycles. The number of hydrogen-bond acceptors (Lipinski definition) is 12. The Morgan fingerprint density at radius 3 is 1.37 bits per heavy atom. The number of nitrogens with zero attached hydrogens (tertiary/aromatic N) is 2. The van der Waals surface area contributed by atoms with E-state index in [1.807, 2.05) is 24.3 Å². The standard InChI is InChI=1S/C58H80N2O14.2ClH/c1-59(27-20-39-32-45(65-3)47(67-5)36-42(39)44(59)29-38-30-49(69-7)55(73-11)50(31-38)70-8)25-17-23-58(57(63)64,22-16-14-13-15-19-53(61)62)24-18-26-60(2)28-21-40-33-46(66-4)48(68-6)37-43(40)54(60)41-34-51(71-9)56(74-12)52(35-41)72-10;;/h30-37,44,54H,13-29H2,1-12H3;2*1H/t44-,54+,58?,59+,60-;;/m1../s1. The van der Waals surface area contributed by atoms with Gasteiger partial charge in [0.1, 0.15) is 12.1 Å². The van der Waals surface area contributed by atoms with Crippen LogP contribution in [0.2, 0.25) is 0 Å². The highest BCUT2D eigenvalue weighted by atomic mass is 35.5. The number of unbranched alkanes of at least 4 members (excludes halogenated alkanes) is 3. The van der Waals surface area contributed by atoms with Crippen LogP contribution in [0.3, 0.4) is 0 Å². The average Bonchev–Trinajstić information content (AvgIpc) is 3.40. The quantitative estimate of drug-likeness (QED) is 0.0594. The van der Waals surface area contributed by atoms with E-state index in [0.29, 0.717) is 124 Å². The highest BCUT2D eigenvalue weighted by Crippen LogP contribution is 2.50. The lowest BCUT2D eigenvalue weighted by Gasteiger charge is -2.47. The van der Waals surface area contributed by atoms with Crippen molar-refractivity contribution >= 4 is 11.9 Å². The smallest absolute Gasteiger partial charge is 0.309 e. The van der Waals surface area contributed by atoms with E-state index < -0.39 is 17.4 Å². The van der Waals surface area contributed by atoms with Gasteiger partial charge in [-0.1, -0.05) is 19.3 Å². The largest absolute Gasteiger partial charge is 1.00 e. The van der Waals surface area contributed by atoms with Crippen LogP contribution in [0.5, 0.6) is 57.5 Å². The number of likely N-dealkylation sites (N-methyl/N-ethyl adjacent to an activating group) is 2. The van der Waals surface area contributed by atoms with Gasteiger partial charge >= 0.3 is 11.9 Å². The number of ether oxygens (including phenoxy) is 10. The lowest BCUT2D eigenvalue weighted by molar-refractivity contribution is -0.941. The summed E-state index contributed by atoms with van der Waals surface area (Å²) in [6, 6.07) is 16.2. The molecule has 6 rings (SSSR count). The van der Waals surface area contributed by atoms with Crippen LogP contribution in [0.1, 0.15) is 110 Å². The normalized spacial score (nSPS) is 19.2. The van der Waals surface area contributed by atoms with Gasteiger partial charge in [0.2, 0.25) is 11.5 Å². The van der Waals surface area contributed by atoms with Crippen LogP contribution in [0, 0.1) is 5.41 Å². The number of carboxylic acids is 2. The molecule has 0 aromatic heterocycles. The first-order valence-corrected chi connectivity index (χ1v) is 25.8. The first-order valence-electron chi connectivity index (χ1n) is 25.8. The van der Waals surface area contributed by atoms with Crippen molar-refractivity contribution in [2.45, 2.75) is 95.6 Å². The number of carbonyl (C=O) groups is 2.